The molecule has 3 rings (SSSR count). The molecule has 0 bridgehead atoms. The number of anilines is 1. The summed E-state index contributed by atoms with van der Waals surface area (Å²) in [6.45, 7) is 0.317. The number of benzene rings is 1. The van der Waals surface area contributed by atoms with Crippen molar-refractivity contribution in [3.8, 4) is 6.07 Å². The molecule has 1 aliphatic rings. The number of hydrogen-bond acceptors (Lipinski definition) is 5. The fraction of sp³-hybridized carbons (Fsp3) is 0.312. The van der Waals surface area contributed by atoms with Gasteiger partial charge in [0.05, 0.1) is 0 Å². The lowest BCUT2D eigenvalue weighted by molar-refractivity contribution is 0.0322. The quantitative estimate of drug-likeness (QED) is 0.898. The van der Waals surface area contributed by atoms with E-state index in [2.05, 4.69) is 21.4 Å². The van der Waals surface area contributed by atoms with E-state index in [9.17, 15) is 5.11 Å². The minimum Gasteiger partial charge on any atom is -0.383 e. The highest BCUT2D eigenvalue weighted by atomic mass is 16.3. The summed E-state index contributed by atoms with van der Waals surface area (Å²) in [5.41, 5.74) is 1.46. The Kier molecular flexibility index (Phi) is 3.55. The first kappa shape index (κ1) is 13.5. The van der Waals surface area contributed by atoms with Gasteiger partial charge in [-0.2, -0.15) is 5.26 Å². The van der Waals surface area contributed by atoms with E-state index >= 15 is 0 Å². The lowest BCUT2D eigenvalue weighted by Gasteiger charge is -2.34. The number of nitriles is 1. The number of hydrogen-bond donors (Lipinski definition) is 2. The van der Waals surface area contributed by atoms with E-state index in [1.807, 2.05) is 24.3 Å². The fourth-order valence-corrected chi connectivity index (χ4v) is 2.86. The zero-order chi connectivity index (χ0) is 14.7. The maximum atomic E-state index is 11.0. The summed E-state index contributed by atoms with van der Waals surface area (Å²) in [5.74, 6) is 0.413. The first-order valence-electron chi connectivity index (χ1n) is 6.99. The monoisotopic (exact) mass is 280 g/mol. The van der Waals surface area contributed by atoms with Gasteiger partial charge in [-0.15, -0.1) is 0 Å². The molecule has 0 saturated heterocycles. The molecule has 0 spiro atoms. The molecule has 1 aromatic carbocycles. The molecule has 1 heterocycles. The standard InChI is InChI=1S/C16H16N4O/c17-10-14-15(19-9-8-18-14)20-11-16(21)7-3-5-12-4-1-2-6-13(12)16/h1-2,4,6,8-9,21H,3,5,7,11H2,(H,19,20)/t16-/m0/s1. The van der Waals surface area contributed by atoms with Crippen LogP contribution in [0.2, 0.25) is 0 Å². The second-order valence-corrected chi connectivity index (χ2v) is 5.26. The van der Waals surface area contributed by atoms with Gasteiger partial charge in [-0.05, 0) is 30.4 Å². The number of nitrogens with one attached hydrogen (secondary N) is 1. The third kappa shape index (κ3) is 2.58. The van der Waals surface area contributed by atoms with Crippen LogP contribution in [0.25, 0.3) is 0 Å². The van der Waals surface area contributed by atoms with Crippen LogP contribution in [0.15, 0.2) is 36.7 Å². The Balaban J connectivity index is 1.84. The normalized spacial score (nSPS) is 20.4. The van der Waals surface area contributed by atoms with Crippen molar-refractivity contribution in [2.75, 3.05) is 11.9 Å². The van der Waals surface area contributed by atoms with Crippen molar-refractivity contribution in [3.05, 3.63) is 53.5 Å². The number of nitrogens with zero attached hydrogens (tertiary/aromatic N) is 3. The van der Waals surface area contributed by atoms with Crippen LogP contribution in [0.4, 0.5) is 5.82 Å². The maximum Gasteiger partial charge on any atom is 0.182 e. The third-order valence-corrected chi connectivity index (χ3v) is 3.91. The Morgan fingerprint density at radius 3 is 2.95 bits per heavy atom. The SMILES string of the molecule is N#Cc1nccnc1NC[C@@]1(O)CCCc2ccccc21. The van der Waals surface area contributed by atoms with Gasteiger partial charge in [0.15, 0.2) is 11.5 Å². The number of aromatic nitrogens is 2. The van der Waals surface area contributed by atoms with Crippen molar-refractivity contribution in [2.45, 2.75) is 24.9 Å². The highest BCUT2D eigenvalue weighted by Crippen LogP contribution is 2.35. The maximum absolute atomic E-state index is 11.0. The minimum absolute atomic E-state index is 0.241. The van der Waals surface area contributed by atoms with Crippen molar-refractivity contribution in [1.29, 1.82) is 5.26 Å². The van der Waals surface area contributed by atoms with Gasteiger partial charge in [0.1, 0.15) is 11.7 Å². The van der Waals surface area contributed by atoms with E-state index in [-0.39, 0.29) is 5.69 Å². The van der Waals surface area contributed by atoms with Crippen LogP contribution in [0, 0.1) is 11.3 Å². The highest BCUT2D eigenvalue weighted by Gasteiger charge is 2.34. The lowest BCUT2D eigenvalue weighted by Crippen LogP contribution is -2.37. The largest absolute Gasteiger partial charge is 0.383 e. The van der Waals surface area contributed by atoms with Crippen LogP contribution in [0.1, 0.15) is 29.7 Å². The number of fused-ring (bicyclic) bond motifs is 1. The summed E-state index contributed by atoms with van der Waals surface area (Å²) in [5, 5.41) is 23.0. The van der Waals surface area contributed by atoms with Crippen LogP contribution in [-0.2, 0) is 12.0 Å². The van der Waals surface area contributed by atoms with Crippen molar-refractivity contribution in [3.63, 3.8) is 0 Å². The number of aliphatic hydroxyl groups is 1. The Hall–Kier alpha value is -2.45. The fourth-order valence-electron chi connectivity index (χ4n) is 2.86. The number of rotatable bonds is 3. The highest BCUT2D eigenvalue weighted by molar-refractivity contribution is 5.47. The summed E-state index contributed by atoms with van der Waals surface area (Å²) < 4.78 is 0. The van der Waals surface area contributed by atoms with Gasteiger partial charge in [0, 0.05) is 18.9 Å². The van der Waals surface area contributed by atoms with Crippen LogP contribution in [0.3, 0.4) is 0 Å². The zero-order valence-corrected chi connectivity index (χ0v) is 11.6. The second-order valence-electron chi connectivity index (χ2n) is 5.26. The average molecular weight is 280 g/mol. The molecule has 0 radical (unpaired) electrons. The van der Waals surface area contributed by atoms with E-state index in [4.69, 9.17) is 5.26 Å². The first-order chi connectivity index (χ1) is 10.2. The molecule has 2 N–H and O–H groups in total. The van der Waals surface area contributed by atoms with Crippen molar-refractivity contribution in [1.82, 2.24) is 9.97 Å². The van der Waals surface area contributed by atoms with Crippen LogP contribution >= 0.6 is 0 Å². The van der Waals surface area contributed by atoms with Gasteiger partial charge in [-0.3, -0.25) is 0 Å². The molecule has 2 aromatic rings. The summed E-state index contributed by atoms with van der Waals surface area (Å²) in [6, 6.07) is 9.96. The van der Waals surface area contributed by atoms with Gasteiger partial charge in [0.2, 0.25) is 0 Å². The van der Waals surface area contributed by atoms with E-state index in [1.165, 1.54) is 18.0 Å². The molecule has 21 heavy (non-hydrogen) atoms. The molecule has 0 aliphatic heterocycles. The van der Waals surface area contributed by atoms with Crippen LogP contribution in [0.5, 0.6) is 0 Å². The summed E-state index contributed by atoms with van der Waals surface area (Å²) in [4.78, 5) is 8.07. The molecule has 1 aromatic heterocycles. The minimum atomic E-state index is -0.931. The average Bonchev–Trinajstić information content (AvgIpc) is 2.54. The Morgan fingerprint density at radius 1 is 1.29 bits per heavy atom. The molecular formula is C16H16N4O. The van der Waals surface area contributed by atoms with Gasteiger partial charge in [-0.1, -0.05) is 24.3 Å². The van der Waals surface area contributed by atoms with Crippen LogP contribution < -0.4 is 5.32 Å². The molecule has 0 unspecified atom stereocenters. The summed E-state index contributed by atoms with van der Waals surface area (Å²) in [6.07, 6.45) is 5.64. The molecule has 0 fully saturated rings. The molecule has 1 atom stereocenters. The molecular weight excluding hydrogens is 264 g/mol. The lowest BCUT2D eigenvalue weighted by atomic mass is 9.79. The molecule has 106 valence electrons. The van der Waals surface area contributed by atoms with Gasteiger partial charge in [-0.25, -0.2) is 9.97 Å². The van der Waals surface area contributed by atoms with Crippen molar-refractivity contribution in [2.24, 2.45) is 0 Å². The zero-order valence-electron chi connectivity index (χ0n) is 11.6. The first-order valence-corrected chi connectivity index (χ1v) is 6.99. The van der Waals surface area contributed by atoms with E-state index in [0.717, 1.165) is 18.4 Å². The topological polar surface area (TPSA) is 81.8 Å². The smallest absolute Gasteiger partial charge is 0.182 e. The van der Waals surface area contributed by atoms with E-state index in [0.29, 0.717) is 18.8 Å². The summed E-state index contributed by atoms with van der Waals surface area (Å²) >= 11 is 0. The van der Waals surface area contributed by atoms with Crippen molar-refractivity contribution < 1.29 is 5.11 Å². The predicted octanol–water partition coefficient (Wildman–Crippen LogP) is 1.98. The van der Waals surface area contributed by atoms with Crippen LogP contribution in [-0.4, -0.2) is 21.6 Å². The van der Waals surface area contributed by atoms with E-state index in [1.54, 1.807) is 0 Å². The van der Waals surface area contributed by atoms with E-state index < -0.39 is 5.60 Å². The Morgan fingerprint density at radius 2 is 2.10 bits per heavy atom. The molecule has 0 amide bonds. The Labute approximate surface area is 123 Å². The second kappa shape index (κ2) is 5.51. The Bertz CT molecular complexity index is 695. The molecule has 0 saturated carbocycles. The predicted molar refractivity (Wildman–Crippen MR) is 78.5 cm³/mol. The van der Waals surface area contributed by atoms with Crippen molar-refractivity contribution >= 4 is 5.82 Å². The van der Waals surface area contributed by atoms with Gasteiger partial charge < -0.3 is 10.4 Å². The van der Waals surface area contributed by atoms with Gasteiger partial charge in [0.25, 0.3) is 0 Å². The molecule has 1 aliphatic carbocycles. The summed E-state index contributed by atoms with van der Waals surface area (Å²) in [7, 11) is 0. The molecule has 5 heteroatoms. The number of aryl methyl sites for hydroxylation is 1. The molecule has 5 nitrogen and oxygen atoms in total. The third-order valence-electron chi connectivity index (χ3n) is 3.91. The van der Waals surface area contributed by atoms with Gasteiger partial charge >= 0.3 is 0 Å².